The van der Waals surface area contributed by atoms with E-state index < -0.39 is 0 Å². The minimum atomic E-state index is -0.0356. The van der Waals surface area contributed by atoms with Crippen LogP contribution in [0.2, 0.25) is 0 Å². The van der Waals surface area contributed by atoms with Crippen molar-refractivity contribution in [3.63, 3.8) is 0 Å². The van der Waals surface area contributed by atoms with Gasteiger partial charge in [0.2, 0.25) is 0 Å². The minimum absolute atomic E-state index is 0.0356. The normalized spacial score (nSPS) is 21.7. The third-order valence-corrected chi connectivity index (χ3v) is 5.46. The van der Waals surface area contributed by atoms with Crippen molar-refractivity contribution in [1.29, 1.82) is 0 Å². The van der Waals surface area contributed by atoms with Crippen LogP contribution in [0.3, 0.4) is 0 Å². The van der Waals surface area contributed by atoms with E-state index in [1.165, 1.54) is 5.56 Å². The molecule has 2 fully saturated rings. The molecule has 0 aliphatic carbocycles. The molecule has 3 heterocycles. The van der Waals surface area contributed by atoms with Crippen molar-refractivity contribution >= 4 is 0 Å². The van der Waals surface area contributed by atoms with E-state index in [0.29, 0.717) is 12.5 Å². The number of benzene rings is 1. The fourth-order valence-electron chi connectivity index (χ4n) is 4.06. The predicted molar refractivity (Wildman–Crippen MR) is 99.0 cm³/mol. The minimum Gasteiger partial charge on any atom is -0.496 e. The monoisotopic (exact) mass is 354 g/mol. The molecular formula is C21H26N2O3. The van der Waals surface area contributed by atoms with Gasteiger partial charge >= 0.3 is 0 Å². The fourth-order valence-corrected chi connectivity index (χ4v) is 4.06. The topological polar surface area (TPSA) is 43.8 Å². The van der Waals surface area contributed by atoms with Crippen LogP contribution >= 0.6 is 0 Å². The van der Waals surface area contributed by atoms with E-state index in [0.717, 1.165) is 50.7 Å². The summed E-state index contributed by atoms with van der Waals surface area (Å²) >= 11 is 0. The van der Waals surface area contributed by atoms with Gasteiger partial charge in [0.05, 0.1) is 31.6 Å². The van der Waals surface area contributed by atoms with Crippen LogP contribution in [0.4, 0.5) is 0 Å². The lowest BCUT2D eigenvalue weighted by atomic mass is 9.81. The van der Waals surface area contributed by atoms with Crippen LogP contribution in [0.1, 0.15) is 17.7 Å². The van der Waals surface area contributed by atoms with E-state index in [4.69, 9.17) is 14.2 Å². The van der Waals surface area contributed by atoms with E-state index in [2.05, 4.69) is 22.0 Å². The van der Waals surface area contributed by atoms with Gasteiger partial charge in [0, 0.05) is 43.9 Å². The number of likely N-dealkylation sites (tertiary alicyclic amines) is 1. The van der Waals surface area contributed by atoms with Crippen LogP contribution in [0.5, 0.6) is 5.75 Å². The van der Waals surface area contributed by atoms with Crippen LogP contribution in [0.15, 0.2) is 48.7 Å². The van der Waals surface area contributed by atoms with Gasteiger partial charge in [-0.3, -0.25) is 9.88 Å². The van der Waals surface area contributed by atoms with Gasteiger partial charge in [-0.15, -0.1) is 0 Å². The van der Waals surface area contributed by atoms with E-state index >= 15 is 0 Å². The van der Waals surface area contributed by atoms with Gasteiger partial charge in [-0.05, 0) is 24.6 Å². The first-order valence-corrected chi connectivity index (χ1v) is 9.25. The van der Waals surface area contributed by atoms with Gasteiger partial charge in [-0.25, -0.2) is 0 Å². The molecule has 2 aliphatic rings. The highest BCUT2D eigenvalue weighted by Crippen LogP contribution is 2.41. The van der Waals surface area contributed by atoms with Crippen molar-refractivity contribution in [3.05, 3.63) is 59.9 Å². The molecule has 2 aromatic rings. The van der Waals surface area contributed by atoms with Gasteiger partial charge in [-0.2, -0.15) is 0 Å². The summed E-state index contributed by atoms with van der Waals surface area (Å²) in [5, 5.41) is 0. The highest BCUT2D eigenvalue weighted by Gasteiger charge is 2.52. The number of para-hydroxylation sites is 1. The maximum absolute atomic E-state index is 6.15. The first kappa shape index (κ1) is 17.5. The second kappa shape index (κ2) is 7.74. The summed E-state index contributed by atoms with van der Waals surface area (Å²) < 4.78 is 17.6. The Kier molecular flexibility index (Phi) is 5.20. The van der Waals surface area contributed by atoms with Gasteiger partial charge in [0.15, 0.2) is 0 Å². The molecule has 0 saturated carbocycles. The van der Waals surface area contributed by atoms with Gasteiger partial charge in [0.25, 0.3) is 0 Å². The summed E-state index contributed by atoms with van der Waals surface area (Å²) in [4.78, 5) is 6.74. The van der Waals surface area contributed by atoms with Crippen molar-refractivity contribution in [1.82, 2.24) is 9.88 Å². The Morgan fingerprint density at radius 3 is 2.85 bits per heavy atom. The van der Waals surface area contributed by atoms with Crippen LogP contribution < -0.4 is 4.74 Å². The summed E-state index contributed by atoms with van der Waals surface area (Å²) in [5.41, 5.74) is 2.17. The summed E-state index contributed by atoms with van der Waals surface area (Å²) in [7, 11) is 1.73. The lowest BCUT2D eigenvalue weighted by Crippen LogP contribution is -2.64. The summed E-state index contributed by atoms with van der Waals surface area (Å²) in [6.07, 6.45) is 2.88. The molecule has 138 valence electrons. The lowest BCUT2D eigenvalue weighted by Gasteiger charge is -2.50. The quantitative estimate of drug-likeness (QED) is 0.765. The summed E-state index contributed by atoms with van der Waals surface area (Å²) in [6, 6.07) is 14.1. The Morgan fingerprint density at radius 2 is 2.04 bits per heavy atom. The first-order chi connectivity index (χ1) is 12.8. The second-order valence-electron chi connectivity index (χ2n) is 7.19. The van der Waals surface area contributed by atoms with Crippen molar-refractivity contribution in [2.75, 3.05) is 33.4 Å². The SMILES string of the molecule is COc1ccccc1CN1CC2(C1)OCC[C@@H]2COCc1ccccn1. The third-order valence-electron chi connectivity index (χ3n) is 5.46. The Bertz CT molecular complexity index is 716. The van der Waals surface area contributed by atoms with Crippen molar-refractivity contribution in [2.24, 2.45) is 5.92 Å². The summed E-state index contributed by atoms with van der Waals surface area (Å²) in [5.74, 6) is 1.41. The molecule has 26 heavy (non-hydrogen) atoms. The molecule has 1 spiro atoms. The number of aromatic nitrogens is 1. The maximum atomic E-state index is 6.15. The van der Waals surface area contributed by atoms with Crippen LogP contribution in [0.25, 0.3) is 0 Å². The van der Waals surface area contributed by atoms with Crippen molar-refractivity contribution < 1.29 is 14.2 Å². The Hall–Kier alpha value is -1.95. The van der Waals surface area contributed by atoms with Crippen LogP contribution in [0, 0.1) is 5.92 Å². The molecule has 2 saturated heterocycles. The molecule has 1 aromatic carbocycles. The smallest absolute Gasteiger partial charge is 0.123 e. The van der Waals surface area contributed by atoms with E-state index in [1.54, 1.807) is 13.3 Å². The fraction of sp³-hybridized carbons (Fsp3) is 0.476. The van der Waals surface area contributed by atoms with Crippen molar-refractivity contribution in [3.8, 4) is 5.75 Å². The molecule has 2 aliphatic heterocycles. The zero-order chi connectivity index (χ0) is 17.8. The Labute approximate surface area is 154 Å². The average Bonchev–Trinajstić information content (AvgIpc) is 3.07. The standard InChI is InChI=1S/C21H26N2O3/c1-24-20-8-3-2-6-17(20)12-23-15-21(16-23)18(9-11-26-21)13-25-14-19-7-4-5-10-22-19/h2-8,10,18H,9,11-16H2,1H3/t18-/m1/s1. The van der Waals surface area contributed by atoms with Crippen LogP contribution in [-0.2, 0) is 22.6 Å². The number of hydrogen-bond donors (Lipinski definition) is 0. The zero-order valence-corrected chi connectivity index (χ0v) is 15.3. The van der Waals surface area contributed by atoms with E-state index in [9.17, 15) is 0 Å². The maximum Gasteiger partial charge on any atom is 0.123 e. The lowest BCUT2D eigenvalue weighted by molar-refractivity contribution is -0.146. The number of rotatable bonds is 7. The first-order valence-electron chi connectivity index (χ1n) is 9.25. The molecule has 5 nitrogen and oxygen atoms in total. The van der Waals surface area contributed by atoms with E-state index in [-0.39, 0.29) is 5.60 Å². The van der Waals surface area contributed by atoms with E-state index in [1.807, 2.05) is 30.3 Å². The Balaban J connectivity index is 1.29. The zero-order valence-electron chi connectivity index (χ0n) is 15.3. The second-order valence-corrected chi connectivity index (χ2v) is 7.19. The molecule has 0 bridgehead atoms. The highest BCUT2D eigenvalue weighted by molar-refractivity contribution is 5.33. The van der Waals surface area contributed by atoms with Gasteiger partial charge in [-0.1, -0.05) is 24.3 Å². The summed E-state index contributed by atoms with van der Waals surface area (Å²) in [6.45, 7) is 4.96. The molecule has 1 aromatic heterocycles. The predicted octanol–water partition coefficient (Wildman–Crippen LogP) is 2.90. The van der Waals surface area contributed by atoms with Gasteiger partial charge in [0.1, 0.15) is 5.75 Å². The third kappa shape index (κ3) is 3.61. The van der Waals surface area contributed by atoms with Crippen LogP contribution in [-0.4, -0.2) is 48.9 Å². The molecule has 5 heteroatoms. The number of hydrogen-bond acceptors (Lipinski definition) is 5. The van der Waals surface area contributed by atoms with Crippen molar-refractivity contribution in [2.45, 2.75) is 25.2 Å². The molecule has 0 N–H and O–H groups in total. The number of ether oxygens (including phenoxy) is 3. The number of pyridine rings is 1. The Morgan fingerprint density at radius 1 is 1.19 bits per heavy atom. The largest absolute Gasteiger partial charge is 0.496 e. The average molecular weight is 354 g/mol. The molecule has 4 rings (SSSR count). The van der Waals surface area contributed by atoms with Gasteiger partial charge < -0.3 is 14.2 Å². The number of nitrogens with zero attached hydrogens (tertiary/aromatic N) is 2. The highest BCUT2D eigenvalue weighted by atomic mass is 16.5. The number of methoxy groups -OCH3 is 1. The molecule has 0 unspecified atom stereocenters. The molecular weight excluding hydrogens is 328 g/mol. The molecule has 1 atom stereocenters. The molecule has 0 amide bonds. The molecule has 0 radical (unpaired) electrons.